The zero-order valence-corrected chi connectivity index (χ0v) is 11.7. The molecule has 2 rings (SSSR count). The molecule has 0 aliphatic heterocycles. The van der Waals surface area contributed by atoms with Crippen molar-refractivity contribution in [1.29, 1.82) is 0 Å². The average Bonchev–Trinajstić information content (AvgIpc) is 2.92. The maximum absolute atomic E-state index is 11.1. The first-order chi connectivity index (χ1) is 9.72. The van der Waals surface area contributed by atoms with Gasteiger partial charge in [-0.25, -0.2) is 0 Å². The molecule has 0 spiro atoms. The van der Waals surface area contributed by atoms with Gasteiger partial charge in [-0.3, -0.25) is 4.79 Å². The largest absolute Gasteiger partial charge is 0.480 e. The number of carboxylic acid groups (broad SMARTS) is 1. The molecule has 0 aliphatic rings. The van der Waals surface area contributed by atoms with Crippen LogP contribution in [0.25, 0.3) is 5.69 Å². The molecule has 2 N–H and O–H groups in total. The summed E-state index contributed by atoms with van der Waals surface area (Å²) in [4.78, 5) is 11.1. The molecule has 1 aromatic carbocycles. The minimum Gasteiger partial charge on any atom is -0.480 e. The van der Waals surface area contributed by atoms with Crippen molar-refractivity contribution in [3.8, 4) is 5.69 Å². The first kappa shape index (κ1) is 14.5. The summed E-state index contributed by atoms with van der Waals surface area (Å²) in [6.45, 7) is 2.47. The van der Waals surface area contributed by atoms with Crippen molar-refractivity contribution < 1.29 is 9.90 Å². The van der Waals surface area contributed by atoms with Gasteiger partial charge in [-0.2, -0.15) is 4.68 Å². The summed E-state index contributed by atoms with van der Waals surface area (Å²) in [6, 6.07) is 8.85. The highest BCUT2D eigenvalue weighted by Crippen LogP contribution is 2.18. The number of tetrazole rings is 1. The normalized spacial score (nSPS) is 12.2. The van der Waals surface area contributed by atoms with E-state index >= 15 is 0 Å². The van der Waals surface area contributed by atoms with Gasteiger partial charge in [0.2, 0.25) is 5.16 Å². The number of hydrogen-bond donors (Lipinski definition) is 2. The van der Waals surface area contributed by atoms with Crippen molar-refractivity contribution in [2.24, 2.45) is 0 Å². The van der Waals surface area contributed by atoms with Crippen LogP contribution in [0, 0.1) is 0 Å². The lowest BCUT2D eigenvalue weighted by Gasteiger charge is -2.12. The molecule has 1 heterocycles. The molecule has 2 aromatic rings. The Morgan fingerprint density at radius 2 is 2.20 bits per heavy atom. The van der Waals surface area contributed by atoms with Crippen molar-refractivity contribution in [2.75, 3.05) is 12.3 Å². The maximum atomic E-state index is 11.1. The second-order valence-corrected chi connectivity index (χ2v) is 4.96. The third-order valence-corrected chi connectivity index (χ3v) is 3.58. The van der Waals surface area contributed by atoms with Crippen LogP contribution < -0.4 is 5.32 Å². The summed E-state index contributed by atoms with van der Waals surface area (Å²) in [5.74, 6) is -0.519. The lowest BCUT2D eigenvalue weighted by atomic mass is 10.3. The number of carboxylic acids is 1. The van der Waals surface area contributed by atoms with Crippen LogP contribution in [0.5, 0.6) is 0 Å². The number of rotatable bonds is 7. The van der Waals surface area contributed by atoms with Gasteiger partial charge in [0.25, 0.3) is 0 Å². The van der Waals surface area contributed by atoms with Crippen LogP contribution in [0.3, 0.4) is 0 Å². The topological polar surface area (TPSA) is 92.9 Å². The van der Waals surface area contributed by atoms with Gasteiger partial charge in [0, 0.05) is 5.75 Å². The zero-order valence-electron chi connectivity index (χ0n) is 10.9. The molecule has 0 amide bonds. The number of para-hydroxylation sites is 1. The van der Waals surface area contributed by atoms with Gasteiger partial charge < -0.3 is 10.4 Å². The predicted octanol–water partition coefficient (Wildman–Crippen LogP) is 0.817. The molecule has 0 aliphatic carbocycles. The summed E-state index contributed by atoms with van der Waals surface area (Å²) in [7, 11) is 0. The lowest BCUT2D eigenvalue weighted by Crippen LogP contribution is -2.38. The second-order valence-electron chi connectivity index (χ2n) is 3.97. The number of carbonyl (C=O) groups is 1. The van der Waals surface area contributed by atoms with Crippen molar-refractivity contribution >= 4 is 17.7 Å². The third kappa shape index (κ3) is 3.55. The summed E-state index contributed by atoms with van der Waals surface area (Å²) >= 11 is 1.31. The molecule has 0 saturated heterocycles. The van der Waals surface area contributed by atoms with Crippen molar-refractivity contribution in [2.45, 2.75) is 18.1 Å². The van der Waals surface area contributed by atoms with E-state index in [1.165, 1.54) is 11.8 Å². The highest BCUT2D eigenvalue weighted by Gasteiger charge is 2.18. The smallest absolute Gasteiger partial charge is 0.321 e. The summed E-state index contributed by atoms with van der Waals surface area (Å²) in [5.41, 5.74) is 0.843. The van der Waals surface area contributed by atoms with E-state index in [1.807, 2.05) is 37.3 Å². The lowest BCUT2D eigenvalue weighted by molar-refractivity contribution is -0.138. The minimum atomic E-state index is -0.877. The molecular weight excluding hydrogens is 278 g/mol. The molecule has 7 nitrogen and oxygen atoms in total. The van der Waals surface area contributed by atoms with E-state index in [0.717, 1.165) is 5.69 Å². The van der Waals surface area contributed by atoms with Gasteiger partial charge >= 0.3 is 5.97 Å². The number of likely N-dealkylation sites (N-methyl/N-ethyl adjacent to an activating group) is 1. The number of nitrogens with one attached hydrogen (secondary N) is 1. The van der Waals surface area contributed by atoms with Gasteiger partial charge in [0.15, 0.2) is 0 Å². The Bertz CT molecular complexity index is 560. The average molecular weight is 293 g/mol. The molecule has 8 heteroatoms. The molecule has 0 fully saturated rings. The molecule has 20 heavy (non-hydrogen) atoms. The summed E-state index contributed by atoms with van der Waals surface area (Å²) in [6.07, 6.45) is 0. The molecular formula is C12H15N5O2S. The number of benzene rings is 1. The number of nitrogens with zero attached hydrogens (tertiary/aromatic N) is 4. The van der Waals surface area contributed by atoms with E-state index in [2.05, 4.69) is 20.8 Å². The van der Waals surface area contributed by atoms with E-state index in [4.69, 9.17) is 5.11 Å². The van der Waals surface area contributed by atoms with Gasteiger partial charge in [0.05, 0.1) is 5.69 Å². The Morgan fingerprint density at radius 3 is 2.85 bits per heavy atom. The number of aliphatic carboxylic acids is 1. The molecule has 0 radical (unpaired) electrons. The maximum Gasteiger partial charge on any atom is 0.321 e. The quantitative estimate of drug-likeness (QED) is 0.730. The van der Waals surface area contributed by atoms with Crippen LogP contribution in [0.4, 0.5) is 0 Å². The first-order valence-corrected chi connectivity index (χ1v) is 7.13. The fourth-order valence-corrected chi connectivity index (χ4v) is 2.56. The number of thioether (sulfide) groups is 1. The Balaban J connectivity index is 2.08. The Labute approximate surface area is 120 Å². The van der Waals surface area contributed by atoms with Gasteiger partial charge in [-0.05, 0) is 29.1 Å². The van der Waals surface area contributed by atoms with Crippen LogP contribution in [0.1, 0.15) is 6.92 Å². The number of hydrogen-bond acceptors (Lipinski definition) is 6. The highest BCUT2D eigenvalue weighted by atomic mass is 32.2. The van der Waals surface area contributed by atoms with Crippen molar-refractivity contribution in [1.82, 2.24) is 25.5 Å². The van der Waals surface area contributed by atoms with E-state index in [-0.39, 0.29) is 0 Å². The van der Waals surface area contributed by atoms with Crippen LogP contribution >= 0.6 is 11.8 Å². The standard InChI is InChI=1S/C12H15N5O2S/c1-2-13-10(11(18)19)8-20-12-14-15-16-17(12)9-6-4-3-5-7-9/h3-7,10,13H,2,8H2,1H3,(H,18,19). The van der Waals surface area contributed by atoms with Crippen molar-refractivity contribution in [3.63, 3.8) is 0 Å². The fourth-order valence-electron chi connectivity index (χ4n) is 1.62. The molecule has 106 valence electrons. The SMILES string of the molecule is CCNC(CSc1nnnn1-c1ccccc1)C(=O)O. The van der Waals surface area contributed by atoms with E-state index in [0.29, 0.717) is 17.5 Å². The molecule has 1 unspecified atom stereocenters. The molecule has 1 atom stereocenters. The zero-order chi connectivity index (χ0) is 14.4. The summed E-state index contributed by atoms with van der Waals surface area (Å²) < 4.78 is 1.59. The number of aromatic nitrogens is 4. The molecule has 1 aromatic heterocycles. The Kier molecular flexibility index (Phi) is 5.08. The Morgan fingerprint density at radius 1 is 1.45 bits per heavy atom. The van der Waals surface area contributed by atoms with Crippen LogP contribution in [-0.2, 0) is 4.79 Å². The highest BCUT2D eigenvalue weighted by molar-refractivity contribution is 7.99. The Hall–Kier alpha value is -1.93. The first-order valence-electron chi connectivity index (χ1n) is 6.15. The summed E-state index contributed by atoms with van der Waals surface area (Å²) in [5, 5.41) is 24.1. The van der Waals surface area contributed by atoms with E-state index in [1.54, 1.807) is 4.68 Å². The van der Waals surface area contributed by atoms with Gasteiger partial charge in [-0.1, -0.05) is 36.9 Å². The molecule has 0 bridgehead atoms. The van der Waals surface area contributed by atoms with E-state index < -0.39 is 12.0 Å². The second kappa shape index (κ2) is 7.01. The van der Waals surface area contributed by atoms with Crippen LogP contribution in [0.2, 0.25) is 0 Å². The third-order valence-electron chi connectivity index (χ3n) is 2.57. The van der Waals surface area contributed by atoms with Crippen molar-refractivity contribution in [3.05, 3.63) is 30.3 Å². The van der Waals surface area contributed by atoms with Crippen LogP contribution in [0.15, 0.2) is 35.5 Å². The monoisotopic (exact) mass is 293 g/mol. The fraction of sp³-hybridized carbons (Fsp3) is 0.333. The van der Waals surface area contributed by atoms with Crippen LogP contribution in [-0.4, -0.2) is 49.6 Å². The molecule has 0 saturated carbocycles. The van der Waals surface area contributed by atoms with Gasteiger partial charge in [-0.15, -0.1) is 5.10 Å². The van der Waals surface area contributed by atoms with E-state index in [9.17, 15) is 4.79 Å². The van der Waals surface area contributed by atoms with Gasteiger partial charge in [0.1, 0.15) is 6.04 Å². The predicted molar refractivity (Wildman–Crippen MR) is 75.0 cm³/mol. The minimum absolute atomic E-state index is 0.358.